The standard InChI is InChI=1S/C12H14N2O2S/c1-9-3-2-4-11(7-9)17(15,16)14-12(8-13)10-5-6-10/h2-4,7,10,12,14H,5-6H2,1H3. The van der Waals surface area contributed by atoms with Crippen molar-refractivity contribution >= 4 is 10.0 Å². The molecule has 1 aliphatic carbocycles. The molecule has 1 N–H and O–H groups in total. The van der Waals surface area contributed by atoms with Crippen LogP contribution in [0.4, 0.5) is 0 Å². The highest BCUT2D eigenvalue weighted by Crippen LogP contribution is 2.33. The van der Waals surface area contributed by atoms with E-state index in [0.717, 1.165) is 18.4 Å². The Morgan fingerprint density at radius 1 is 1.47 bits per heavy atom. The molecule has 1 aromatic rings. The first-order chi connectivity index (χ1) is 8.03. The predicted octanol–water partition coefficient (Wildman–Crippen LogP) is 1.58. The zero-order valence-electron chi connectivity index (χ0n) is 9.55. The van der Waals surface area contributed by atoms with Crippen LogP contribution >= 0.6 is 0 Å². The Hall–Kier alpha value is -1.38. The second-order valence-electron chi connectivity index (χ2n) is 4.38. The second-order valence-corrected chi connectivity index (χ2v) is 6.10. The molecular weight excluding hydrogens is 236 g/mol. The molecule has 1 unspecified atom stereocenters. The lowest BCUT2D eigenvalue weighted by Crippen LogP contribution is -2.35. The van der Waals surface area contributed by atoms with Crippen LogP contribution in [0.3, 0.4) is 0 Å². The number of aryl methyl sites for hydroxylation is 1. The fourth-order valence-electron chi connectivity index (χ4n) is 1.68. The lowest BCUT2D eigenvalue weighted by Gasteiger charge is -2.11. The summed E-state index contributed by atoms with van der Waals surface area (Å²) in [6.45, 7) is 1.84. The summed E-state index contributed by atoms with van der Waals surface area (Å²) in [5.74, 6) is 0.180. The molecule has 1 fully saturated rings. The summed E-state index contributed by atoms with van der Waals surface area (Å²) in [5.41, 5.74) is 0.882. The first kappa shape index (κ1) is 12.1. The first-order valence-corrected chi connectivity index (χ1v) is 7.00. The molecule has 0 heterocycles. The zero-order chi connectivity index (χ0) is 12.5. The van der Waals surface area contributed by atoms with Crippen molar-refractivity contribution in [3.8, 4) is 6.07 Å². The third-order valence-electron chi connectivity index (χ3n) is 2.81. The molecule has 90 valence electrons. The van der Waals surface area contributed by atoms with Crippen molar-refractivity contribution in [2.24, 2.45) is 5.92 Å². The molecule has 0 radical (unpaired) electrons. The van der Waals surface area contributed by atoms with Gasteiger partial charge in [-0.15, -0.1) is 0 Å². The Labute approximate surface area is 101 Å². The van der Waals surface area contributed by atoms with Crippen molar-refractivity contribution in [3.63, 3.8) is 0 Å². The number of hydrogen-bond acceptors (Lipinski definition) is 3. The maximum absolute atomic E-state index is 12.0. The van der Waals surface area contributed by atoms with Crippen LogP contribution in [0, 0.1) is 24.2 Å². The van der Waals surface area contributed by atoms with Gasteiger partial charge in [0, 0.05) is 0 Å². The number of sulfonamides is 1. The van der Waals surface area contributed by atoms with E-state index in [1.165, 1.54) is 6.07 Å². The summed E-state index contributed by atoms with van der Waals surface area (Å²) in [7, 11) is -3.57. The van der Waals surface area contributed by atoms with E-state index in [0.29, 0.717) is 0 Å². The minimum atomic E-state index is -3.57. The van der Waals surface area contributed by atoms with Gasteiger partial charge in [0.25, 0.3) is 0 Å². The van der Waals surface area contributed by atoms with Gasteiger partial charge in [0.15, 0.2) is 0 Å². The smallest absolute Gasteiger partial charge is 0.207 e. The largest absolute Gasteiger partial charge is 0.241 e. The lowest BCUT2D eigenvalue weighted by atomic mass is 10.2. The van der Waals surface area contributed by atoms with E-state index in [9.17, 15) is 8.42 Å². The van der Waals surface area contributed by atoms with Gasteiger partial charge >= 0.3 is 0 Å². The number of benzene rings is 1. The Morgan fingerprint density at radius 2 is 2.18 bits per heavy atom. The van der Waals surface area contributed by atoms with Gasteiger partial charge in [-0.05, 0) is 43.4 Å². The molecule has 4 nitrogen and oxygen atoms in total. The lowest BCUT2D eigenvalue weighted by molar-refractivity contribution is 0.560. The van der Waals surface area contributed by atoms with Crippen LogP contribution in [0.25, 0.3) is 0 Å². The molecule has 0 saturated heterocycles. The van der Waals surface area contributed by atoms with Crippen LogP contribution in [0.5, 0.6) is 0 Å². The average Bonchev–Trinajstić information content (AvgIpc) is 3.10. The van der Waals surface area contributed by atoms with Crippen LogP contribution in [0.1, 0.15) is 18.4 Å². The van der Waals surface area contributed by atoms with Crippen molar-refractivity contribution in [2.45, 2.75) is 30.7 Å². The summed E-state index contributed by atoms with van der Waals surface area (Å²) < 4.78 is 26.5. The highest BCUT2D eigenvalue weighted by molar-refractivity contribution is 7.89. The Balaban J connectivity index is 2.21. The summed E-state index contributed by atoms with van der Waals surface area (Å²) in [6.07, 6.45) is 1.85. The predicted molar refractivity (Wildman–Crippen MR) is 63.6 cm³/mol. The highest BCUT2D eigenvalue weighted by atomic mass is 32.2. The molecule has 0 spiro atoms. The van der Waals surface area contributed by atoms with Gasteiger partial charge in [0.2, 0.25) is 10.0 Å². The summed E-state index contributed by atoms with van der Waals surface area (Å²) in [6, 6.07) is 8.09. The van der Waals surface area contributed by atoms with Crippen LogP contribution in [-0.4, -0.2) is 14.5 Å². The third kappa shape index (κ3) is 2.84. The number of nitrogens with zero attached hydrogens (tertiary/aromatic N) is 1. The van der Waals surface area contributed by atoms with Crippen LogP contribution < -0.4 is 4.72 Å². The maximum Gasteiger partial charge on any atom is 0.241 e. The molecule has 0 aromatic heterocycles. The van der Waals surface area contributed by atoms with Crippen LogP contribution in [-0.2, 0) is 10.0 Å². The van der Waals surface area contributed by atoms with Gasteiger partial charge in [-0.2, -0.15) is 9.98 Å². The van der Waals surface area contributed by atoms with Crippen molar-refractivity contribution in [1.82, 2.24) is 4.72 Å². The van der Waals surface area contributed by atoms with Crippen molar-refractivity contribution in [1.29, 1.82) is 5.26 Å². The molecule has 1 aromatic carbocycles. The van der Waals surface area contributed by atoms with Crippen molar-refractivity contribution < 1.29 is 8.42 Å². The number of hydrogen-bond donors (Lipinski definition) is 1. The molecule has 2 rings (SSSR count). The first-order valence-electron chi connectivity index (χ1n) is 5.51. The van der Waals surface area contributed by atoms with E-state index in [2.05, 4.69) is 4.72 Å². The van der Waals surface area contributed by atoms with Gasteiger partial charge in [-0.3, -0.25) is 0 Å². The number of nitrogens with one attached hydrogen (secondary N) is 1. The number of nitriles is 1. The normalized spacial score (nSPS) is 17.4. The fourth-order valence-corrected chi connectivity index (χ4v) is 2.99. The SMILES string of the molecule is Cc1cccc(S(=O)(=O)NC(C#N)C2CC2)c1. The summed E-state index contributed by atoms with van der Waals surface area (Å²) >= 11 is 0. The van der Waals surface area contributed by atoms with E-state index >= 15 is 0 Å². The molecule has 1 saturated carbocycles. The van der Waals surface area contributed by atoms with E-state index in [1.54, 1.807) is 12.1 Å². The highest BCUT2D eigenvalue weighted by Gasteiger charge is 2.34. The maximum atomic E-state index is 12.0. The average molecular weight is 250 g/mol. The van der Waals surface area contributed by atoms with Gasteiger partial charge in [0.1, 0.15) is 6.04 Å². The van der Waals surface area contributed by atoms with Crippen molar-refractivity contribution in [2.75, 3.05) is 0 Å². The van der Waals surface area contributed by atoms with E-state index < -0.39 is 16.1 Å². The molecular formula is C12H14N2O2S. The minimum absolute atomic E-state index is 0.180. The van der Waals surface area contributed by atoms with E-state index in [4.69, 9.17) is 5.26 Å². The Bertz CT molecular complexity index is 556. The topological polar surface area (TPSA) is 70.0 Å². The molecule has 0 bridgehead atoms. The fraction of sp³-hybridized carbons (Fsp3) is 0.417. The van der Waals surface area contributed by atoms with Crippen LogP contribution in [0.2, 0.25) is 0 Å². The molecule has 1 aliphatic rings. The molecule has 5 heteroatoms. The molecule has 0 amide bonds. The minimum Gasteiger partial charge on any atom is -0.207 e. The third-order valence-corrected chi connectivity index (χ3v) is 4.25. The summed E-state index contributed by atoms with van der Waals surface area (Å²) in [4.78, 5) is 0.221. The zero-order valence-corrected chi connectivity index (χ0v) is 10.4. The van der Waals surface area contributed by atoms with Gasteiger partial charge in [-0.1, -0.05) is 12.1 Å². The van der Waals surface area contributed by atoms with Crippen LogP contribution in [0.15, 0.2) is 29.2 Å². The monoisotopic (exact) mass is 250 g/mol. The van der Waals surface area contributed by atoms with Crippen molar-refractivity contribution in [3.05, 3.63) is 29.8 Å². The van der Waals surface area contributed by atoms with E-state index in [-0.39, 0.29) is 10.8 Å². The van der Waals surface area contributed by atoms with Gasteiger partial charge in [0.05, 0.1) is 11.0 Å². The summed E-state index contributed by atoms with van der Waals surface area (Å²) in [5, 5.41) is 8.92. The molecule has 17 heavy (non-hydrogen) atoms. The van der Waals surface area contributed by atoms with Gasteiger partial charge in [-0.25, -0.2) is 8.42 Å². The molecule has 0 aliphatic heterocycles. The Kier molecular flexibility index (Phi) is 3.18. The Morgan fingerprint density at radius 3 is 2.71 bits per heavy atom. The quantitative estimate of drug-likeness (QED) is 0.882. The second kappa shape index (κ2) is 4.47. The van der Waals surface area contributed by atoms with E-state index in [1.807, 2.05) is 19.1 Å². The molecule has 1 atom stereocenters. The van der Waals surface area contributed by atoms with Gasteiger partial charge < -0.3 is 0 Å². The number of rotatable bonds is 4.